The minimum Gasteiger partial charge on any atom is -0.373 e. The minimum atomic E-state index is -0.0487. The molecular formula is C11H21N3O2. The molecule has 1 N–H and O–H groups in total. The Morgan fingerprint density at radius 2 is 2.25 bits per heavy atom. The van der Waals surface area contributed by atoms with E-state index in [9.17, 15) is 0 Å². The summed E-state index contributed by atoms with van der Waals surface area (Å²) in [6.07, 6.45) is 2.64. The first-order valence-corrected chi connectivity index (χ1v) is 5.73. The lowest BCUT2D eigenvalue weighted by Gasteiger charge is -2.08. The minimum absolute atomic E-state index is 0.0487. The van der Waals surface area contributed by atoms with Crippen molar-refractivity contribution in [2.45, 2.75) is 45.3 Å². The molecule has 0 saturated heterocycles. The maximum absolute atomic E-state index is 5.32. The number of hydrogen-bond donors (Lipinski definition) is 1. The van der Waals surface area contributed by atoms with E-state index < -0.39 is 0 Å². The molecule has 0 aromatic carbocycles. The highest BCUT2D eigenvalue weighted by Gasteiger charge is 2.17. The number of likely N-dealkylation sites (N-methyl/N-ethyl adjacent to an activating group) is 1. The number of methoxy groups -OCH3 is 1. The Balaban J connectivity index is 2.62. The summed E-state index contributed by atoms with van der Waals surface area (Å²) in [6.45, 7) is 4.18. The highest BCUT2D eigenvalue weighted by molar-refractivity contribution is 4.92. The van der Waals surface area contributed by atoms with E-state index in [2.05, 4.69) is 29.3 Å². The van der Waals surface area contributed by atoms with E-state index in [4.69, 9.17) is 9.26 Å². The van der Waals surface area contributed by atoms with E-state index in [0.717, 1.165) is 19.3 Å². The van der Waals surface area contributed by atoms with Gasteiger partial charge in [0.25, 0.3) is 0 Å². The standard InChI is InChI=1S/C11H21N3O2/c1-5-6-9(15-4)11-13-10(16-14-11)7-8(2)12-3/h8-9,12H,5-7H2,1-4H3. The Kier molecular flexibility index (Phi) is 5.42. The average molecular weight is 227 g/mol. The number of nitrogens with one attached hydrogen (secondary N) is 1. The molecule has 1 rings (SSSR count). The van der Waals surface area contributed by atoms with Crippen LogP contribution in [-0.2, 0) is 11.2 Å². The second-order valence-corrected chi connectivity index (χ2v) is 3.95. The Labute approximate surface area is 96.6 Å². The summed E-state index contributed by atoms with van der Waals surface area (Å²) in [5.41, 5.74) is 0. The van der Waals surface area contributed by atoms with Gasteiger partial charge in [-0.3, -0.25) is 0 Å². The average Bonchev–Trinajstić information content (AvgIpc) is 2.74. The van der Waals surface area contributed by atoms with E-state index in [-0.39, 0.29) is 6.10 Å². The number of nitrogens with zero attached hydrogens (tertiary/aromatic N) is 2. The van der Waals surface area contributed by atoms with Crippen molar-refractivity contribution in [2.75, 3.05) is 14.2 Å². The summed E-state index contributed by atoms with van der Waals surface area (Å²) < 4.78 is 10.5. The molecular weight excluding hydrogens is 206 g/mol. The smallest absolute Gasteiger partial charge is 0.228 e. The zero-order valence-electron chi connectivity index (χ0n) is 10.5. The van der Waals surface area contributed by atoms with Crippen molar-refractivity contribution >= 4 is 0 Å². The van der Waals surface area contributed by atoms with Crippen molar-refractivity contribution < 1.29 is 9.26 Å². The summed E-state index contributed by atoms with van der Waals surface area (Å²) in [5.74, 6) is 1.32. The van der Waals surface area contributed by atoms with Crippen molar-refractivity contribution in [2.24, 2.45) is 0 Å². The van der Waals surface area contributed by atoms with E-state index in [1.165, 1.54) is 0 Å². The predicted molar refractivity (Wildman–Crippen MR) is 61.2 cm³/mol. The SMILES string of the molecule is CCCC(OC)c1noc(CC(C)NC)n1. The van der Waals surface area contributed by atoms with Gasteiger partial charge in [0.05, 0.1) is 0 Å². The van der Waals surface area contributed by atoms with Gasteiger partial charge in [0.1, 0.15) is 6.10 Å². The van der Waals surface area contributed by atoms with Crippen LogP contribution in [0.15, 0.2) is 4.52 Å². The highest BCUT2D eigenvalue weighted by Crippen LogP contribution is 2.19. The van der Waals surface area contributed by atoms with Gasteiger partial charge in [0, 0.05) is 19.6 Å². The number of hydrogen-bond acceptors (Lipinski definition) is 5. The predicted octanol–water partition coefficient (Wildman–Crippen LogP) is 1.71. The molecule has 0 aliphatic heterocycles. The zero-order valence-corrected chi connectivity index (χ0v) is 10.5. The molecule has 1 aromatic rings. The van der Waals surface area contributed by atoms with Crippen LogP contribution in [0.2, 0.25) is 0 Å². The van der Waals surface area contributed by atoms with E-state index in [1.807, 2.05) is 7.05 Å². The molecule has 5 heteroatoms. The molecule has 5 nitrogen and oxygen atoms in total. The lowest BCUT2D eigenvalue weighted by molar-refractivity contribution is 0.0854. The number of aromatic nitrogens is 2. The van der Waals surface area contributed by atoms with Gasteiger partial charge in [0.15, 0.2) is 0 Å². The molecule has 92 valence electrons. The monoisotopic (exact) mass is 227 g/mol. The van der Waals surface area contributed by atoms with Crippen molar-refractivity contribution in [3.05, 3.63) is 11.7 Å². The fourth-order valence-electron chi connectivity index (χ4n) is 1.46. The third-order valence-corrected chi connectivity index (χ3v) is 2.58. The van der Waals surface area contributed by atoms with Crippen molar-refractivity contribution in [1.29, 1.82) is 0 Å². The Morgan fingerprint density at radius 3 is 2.81 bits per heavy atom. The fourth-order valence-corrected chi connectivity index (χ4v) is 1.46. The lowest BCUT2D eigenvalue weighted by atomic mass is 10.2. The summed E-state index contributed by atoms with van der Waals surface area (Å²) >= 11 is 0. The van der Waals surface area contributed by atoms with Crippen LogP contribution in [-0.4, -0.2) is 30.3 Å². The Morgan fingerprint density at radius 1 is 1.50 bits per heavy atom. The topological polar surface area (TPSA) is 60.2 Å². The molecule has 16 heavy (non-hydrogen) atoms. The third kappa shape index (κ3) is 3.57. The quantitative estimate of drug-likeness (QED) is 0.768. The second kappa shape index (κ2) is 6.60. The molecule has 2 unspecified atom stereocenters. The van der Waals surface area contributed by atoms with Crippen LogP contribution in [0.3, 0.4) is 0 Å². The maximum Gasteiger partial charge on any atom is 0.228 e. The van der Waals surface area contributed by atoms with E-state index in [1.54, 1.807) is 7.11 Å². The summed E-state index contributed by atoms with van der Waals surface area (Å²) in [5, 5.41) is 7.09. The van der Waals surface area contributed by atoms with Gasteiger partial charge in [-0.15, -0.1) is 0 Å². The second-order valence-electron chi connectivity index (χ2n) is 3.95. The first-order chi connectivity index (χ1) is 7.71. The van der Waals surface area contributed by atoms with E-state index in [0.29, 0.717) is 17.8 Å². The molecule has 0 aliphatic carbocycles. The molecule has 0 fully saturated rings. The van der Waals surface area contributed by atoms with Crippen molar-refractivity contribution in [3.63, 3.8) is 0 Å². The molecule has 0 radical (unpaired) electrons. The van der Waals surface area contributed by atoms with Crippen molar-refractivity contribution in [3.8, 4) is 0 Å². The molecule has 0 amide bonds. The first-order valence-electron chi connectivity index (χ1n) is 5.73. The molecule has 1 heterocycles. The normalized spacial score (nSPS) is 15.0. The lowest BCUT2D eigenvalue weighted by Crippen LogP contribution is -2.23. The van der Waals surface area contributed by atoms with Crippen LogP contribution >= 0.6 is 0 Å². The largest absolute Gasteiger partial charge is 0.373 e. The van der Waals surface area contributed by atoms with Crippen LogP contribution in [0.1, 0.15) is 44.5 Å². The van der Waals surface area contributed by atoms with Gasteiger partial charge in [-0.1, -0.05) is 18.5 Å². The van der Waals surface area contributed by atoms with Gasteiger partial charge < -0.3 is 14.6 Å². The molecule has 0 spiro atoms. The fraction of sp³-hybridized carbons (Fsp3) is 0.818. The molecule has 0 aliphatic rings. The van der Waals surface area contributed by atoms with Crippen molar-refractivity contribution in [1.82, 2.24) is 15.5 Å². The maximum atomic E-state index is 5.32. The Hall–Kier alpha value is -0.940. The molecule has 2 atom stereocenters. The van der Waals surface area contributed by atoms with Crippen LogP contribution in [0, 0.1) is 0 Å². The van der Waals surface area contributed by atoms with Crippen LogP contribution in [0.5, 0.6) is 0 Å². The molecule has 0 bridgehead atoms. The number of ether oxygens (including phenoxy) is 1. The number of rotatable bonds is 7. The van der Waals surface area contributed by atoms with Crippen LogP contribution in [0.4, 0.5) is 0 Å². The van der Waals surface area contributed by atoms with Gasteiger partial charge in [-0.2, -0.15) is 4.98 Å². The van der Waals surface area contributed by atoms with Gasteiger partial charge in [0.2, 0.25) is 11.7 Å². The molecule has 1 aromatic heterocycles. The van der Waals surface area contributed by atoms with Gasteiger partial charge in [-0.05, 0) is 20.4 Å². The van der Waals surface area contributed by atoms with E-state index >= 15 is 0 Å². The third-order valence-electron chi connectivity index (χ3n) is 2.58. The Bertz CT molecular complexity index is 301. The van der Waals surface area contributed by atoms with Crippen LogP contribution < -0.4 is 5.32 Å². The van der Waals surface area contributed by atoms with Crippen LogP contribution in [0.25, 0.3) is 0 Å². The van der Waals surface area contributed by atoms with Gasteiger partial charge in [-0.25, -0.2) is 0 Å². The summed E-state index contributed by atoms with van der Waals surface area (Å²) in [4.78, 5) is 4.35. The molecule has 0 saturated carbocycles. The van der Waals surface area contributed by atoms with Gasteiger partial charge >= 0.3 is 0 Å². The summed E-state index contributed by atoms with van der Waals surface area (Å²) in [6, 6.07) is 0.334. The summed E-state index contributed by atoms with van der Waals surface area (Å²) in [7, 11) is 3.59. The first kappa shape index (κ1) is 13.1. The highest BCUT2D eigenvalue weighted by atomic mass is 16.5. The zero-order chi connectivity index (χ0) is 12.0.